The molecule has 4 rings (SSSR count). The summed E-state index contributed by atoms with van der Waals surface area (Å²) in [6.07, 6.45) is 3.02. The number of nitrogens with zero attached hydrogens (tertiary/aromatic N) is 1. The van der Waals surface area contributed by atoms with E-state index in [1.54, 1.807) is 13.8 Å². The number of benzene rings is 1. The number of fused-ring (bicyclic) bond motifs is 3. The summed E-state index contributed by atoms with van der Waals surface area (Å²) in [7, 11) is 0. The third-order valence-corrected chi connectivity index (χ3v) is 7.09. The van der Waals surface area contributed by atoms with Crippen molar-refractivity contribution in [3.8, 4) is 0 Å². The first-order valence-electron chi connectivity index (χ1n) is 10.2. The van der Waals surface area contributed by atoms with Gasteiger partial charge in [-0.3, -0.25) is 9.59 Å². The van der Waals surface area contributed by atoms with Crippen molar-refractivity contribution in [2.45, 2.75) is 64.7 Å². The van der Waals surface area contributed by atoms with Gasteiger partial charge in [0.05, 0.1) is 6.61 Å². The fourth-order valence-corrected chi connectivity index (χ4v) is 5.23. The predicted octanol–water partition coefficient (Wildman–Crippen LogP) is 3.50. The molecule has 3 aliphatic rings. The van der Waals surface area contributed by atoms with E-state index < -0.39 is 16.7 Å². The summed E-state index contributed by atoms with van der Waals surface area (Å²) in [5.41, 5.74) is -0.351. The number of hydrogen-bond donors (Lipinski definition) is 1. The molecule has 0 radical (unpaired) electrons. The molecule has 0 bridgehead atoms. The minimum Gasteiger partial charge on any atom is -0.380 e. The van der Waals surface area contributed by atoms with Gasteiger partial charge >= 0.3 is 0 Å². The van der Waals surface area contributed by atoms with Gasteiger partial charge in [-0.15, -0.1) is 0 Å². The van der Waals surface area contributed by atoms with Crippen LogP contribution in [-0.4, -0.2) is 35.5 Å². The zero-order valence-corrected chi connectivity index (χ0v) is 17.2. The fourth-order valence-electron chi connectivity index (χ4n) is 5.23. The van der Waals surface area contributed by atoms with Gasteiger partial charge in [-0.05, 0) is 45.3 Å². The van der Waals surface area contributed by atoms with E-state index in [0.29, 0.717) is 30.6 Å². The van der Waals surface area contributed by atoms with E-state index in [1.165, 1.54) is 0 Å². The maximum Gasteiger partial charge on any atom is 0.174 e. The lowest BCUT2D eigenvalue weighted by molar-refractivity contribution is -0.135. The monoisotopic (exact) mass is 383 g/mol. The molecule has 5 nitrogen and oxygen atoms in total. The van der Waals surface area contributed by atoms with Crippen LogP contribution in [-0.2, 0) is 19.9 Å². The lowest BCUT2D eigenvalue weighted by Gasteiger charge is -2.42. The molecule has 0 aromatic heterocycles. The Morgan fingerprint density at radius 1 is 1.18 bits per heavy atom. The molecule has 1 aromatic rings. The van der Waals surface area contributed by atoms with Gasteiger partial charge in [0.2, 0.25) is 0 Å². The Balaban J connectivity index is 1.73. The van der Waals surface area contributed by atoms with Crippen molar-refractivity contribution >= 4 is 17.3 Å². The second-order valence-electron chi connectivity index (χ2n) is 8.74. The third-order valence-electron chi connectivity index (χ3n) is 7.09. The van der Waals surface area contributed by atoms with Crippen molar-refractivity contribution in [1.29, 1.82) is 0 Å². The molecule has 1 saturated heterocycles. The Morgan fingerprint density at radius 2 is 1.89 bits per heavy atom. The number of hydrogen-bond acceptors (Lipinski definition) is 5. The Morgan fingerprint density at radius 3 is 2.61 bits per heavy atom. The van der Waals surface area contributed by atoms with E-state index in [1.807, 2.05) is 36.1 Å². The quantitative estimate of drug-likeness (QED) is 0.789. The maximum absolute atomic E-state index is 13.3. The number of ketones is 2. The molecule has 0 unspecified atom stereocenters. The Labute approximate surface area is 166 Å². The zero-order chi connectivity index (χ0) is 20.3. The summed E-state index contributed by atoms with van der Waals surface area (Å²) in [5.74, 6) is -0.170. The number of para-hydroxylation sites is 1. The maximum atomic E-state index is 13.3. The highest BCUT2D eigenvalue weighted by molar-refractivity contribution is 6.27. The highest BCUT2D eigenvalue weighted by Crippen LogP contribution is 2.57. The normalized spacial score (nSPS) is 34.4. The molecule has 1 aromatic carbocycles. The van der Waals surface area contributed by atoms with E-state index in [4.69, 9.17) is 4.74 Å². The Hall–Kier alpha value is -1.98. The number of carbonyl (C=O) groups excluding carboxylic acids is 2. The highest BCUT2D eigenvalue weighted by atomic mass is 16.5. The molecule has 1 aliphatic carbocycles. The van der Waals surface area contributed by atoms with Crippen molar-refractivity contribution in [2.24, 2.45) is 5.41 Å². The molecule has 3 atom stereocenters. The van der Waals surface area contributed by atoms with E-state index >= 15 is 0 Å². The van der Waals surface area contributed by atoms with Gasteiger partial charge in [-0.1, -0.05) is 31.5 Å². The van der Waals surface area contributed by atoms with Crippen LogP contribution in [0.3, 0.4) is 0 Å². The van der Waals surface area contributed by atoms with Gasteiger partial charge in [0.25, 0.3) is 0 Å². The number of unbranched alkanes of at least 4 members (excludes halogenated alkanes) is 1. The number of ether oxygens (including phenoxy) is 1. The molecule has 1 fully saturated rings. The first-order valence-corrected chi connectivity index (χ1v) is 10.2. The molecule has 150 valence electrons. The molecule has 0 spiro atoms. The molecule has 2 aliphatic heterocycles. The number of allylic oxidation sites excluding steroid dienone is 2. The predicted molar refractivity (Wildman–Crippen MR) is 107 cm³/mol. The lowest BCUT2D eigenvalue weighted by atomic mass is 9.81. The fraction of sp³-hybridized carbons (Fsp3) is 0.565. The SMILES string of the molecule is CCCCC1=C(C)C(=O)[C@@](C)(CN2c3ccccc3[C@]3(O)CCO[C@]23C)C1=O. The summed E-state index contributed by atoms with van der Waals surface area (Å²) >= 11 is 0. The van der Waals surface area contributed by atoms with Gasteiger partial charge in [0, 0.05) is 29.8 Å². The van der Waals surface area contributed by atoms with Crippen LogP contribution in [0.15, 0.2) is 35.4 Å². The van der Waals surface area contributed by atoms with Gasteiger partial charge in [0.1, 0.15) is 11.0 Å². The highest BCUT2D eigenvalue weighted by Gasteiger charge is 2.65. The number of rotatable bonds is 5. The number of carbonyl (C=O) groups is 2. The second-order valence-corrected chi connectivity index (χ2v) is 8.74. The van der Waals surface area contributed by atoms with Crippen molar-refractivity contribution in [1.82, 2.24) is 0 Å². The first kappa shape index (κ1) is 19.3. The van der Waals surface area contributed by atoms with E-state index in [9.17, 15) is 14.7 Å². The molecule has 5 heteroatoms. The van der Waals surface area contributed by atoms with Crippen LogP contribution in [0.4, 0.5) is 5.69 Å². The number of aliphatic hydroxyl groups is 1. The zero-order valence-electron chi connectivity index (χ0n) is 17.2. The molecular formula is C23H29NO4. The van der Waals surface area contributed by atoms with Gasteiger partial charge in [-0.2, -0.15) is 0 Å². The average Bonchev–Trinajstić information content (AvgIpc) is 3.14. The minimum absolute atomic E-state index is 0.0713. The second kappa shape index (κ2) is 6.26. The smallest absolute Gasteiger partial charge is 0.174 e. The average molecular weight is 383 g/mol. The lowest BCUT2D eigenvalue weighted by Crippen LogP contribution is -2.58. The Bertz CT molecular complexity index is 890. The first-order chi connectivity index (χ1) is 13.2. The molecule has 2 heterocycles. The van der Waals surface area contributed by atoms with Gasteiger partial charge in [-0.25, -0.2) is 0 Å². The third kappa shape index (κ3) is 2.26. The molecular weight excluding hydrogens is 354 g/mol. The molecule has 0 amide bonds. The topological polar surface area (TPSA) is 66.8 Å². The largest absolute Gasteiger partial charge is 0.380 e. The van der Waals surface area contributed by atoms with Crippen molar-refractivity contribution in [3.05, 3.63) is 41.0 Å². The van der Waals surface area contributed by atoms with E-state index in [-0.39, 0.29) is 18.1 Å². The van der Waals surface area contributed by atoms with Crippen molar-refractivity contribution < 1.29 is 19.4 Å². The van der Waals surface area contributed by atoms with E-state index in [2.05, 4.69) is 6.92 Å². The number of Topliss-reactive ketones (excluding diaryl/α,β-unsaturated/α-hetero) is 2. The molecule has 0 saturated carbocycles. The summed E-state index contributed by atoms with van der Waals surface area (Å²) in [4.78, 5) is 28.4. The van der Waals surface area contributed by atoms with Crippen molar-refractivity contribution in [2.75, 3.05) is 18.1 Å². The van der Waals surface area contributed by atoms with Crippen LogP contribution in [0.25, 0.3) is 0 Å². The van der Waals surface area contributed by atoms with Crippen LogP contribution in [0, 0.1) is 5.41 Å². The van der Waals surface area contributed by atoms with Crippen LogP contribution in [0.5, 0.6) is 0 Å². The van der Waals surface area contributed by atoms with Gasteiger partial charge in [0.15, 0.2) is 17.3 Å². The summed E-state index contributed by atoms with van der Waals surface area (Å²) in [5, 5.41) is 11.5. The van der Waals surface area contributed by atoms with E-state index in [0.717, 1.165) is 24.1 Å². The molecule has 1 N–H and O–H groups in total. The van der Waals surface area contributed by atoms with Crippen LogP contribution < -0.4 is 4.90 Å². The Kier molecular flexibility index (Phi) is 4.32. The standard InChI is InChI=1S/C23H29NO4/c1-5-6-9-16-15(2)19(25)21(3,20(16)26)14-24-18-11-8-7-10-17(18)23(27)12-13-28-22(23,24)4/h7-8,10-11,27H,5-6,9,12-14H2,1-4H3/t21-,22+,23-/m1/s1. The summed E-state index contributed by atoms with van der Waals surface area (Å²) in [6, 6.07) is 7.67. The number of anilines is 1. The minimum atomic E-state index is -1.15. The van der Waals surface area contributed by atoms with Crippen molar-refractivity contribution in [3.63, 3.8) is 0 Å². The van der Waals surface area contributed by atoms with Crippen LogP contribution >= 0.6 is 0 Å². The summed E-state index contributed by atoms with van der Waals surface area (Å²) < 4.78 is 6.05. The van der Waals surface area contributed by atoms with Crippen LogP contribution in [0.2, 0.25) is 0 Å². The van der Waals surface area contributed by atoms with Gasteiger partial charge < -0.3 is 14.7 Å². The summed E-state index contributed by atoms with van der Waals surface area (Å²) in [6.45, 7) is 8.11. The van der Waals surface area contributed by atoms with Crippen LogP contribution in [0.1, 0.15) is 58.9 Å². The molecule has 28 heavy (non-hydrogen) atoms.